The smallest absolute Gasteiger partial charge is 0.273 e. The average molecular weight is 502 g/mol. The van der Waals surface area contributed by atoms with Crippen LogP contribution in [0, 0.1) is 5.92 Å². The van der Waals surface area contributed by atoms with Crippen LogP contribution in [-0.4, -0.2) is 61.9 Å². The fourth-order valence-corrected chi connectivity index (χ4v) is 4.34. The number of amides is 2. The molecule has 14 heteroatoms. The molecule has 1 saturated carbocycles. The molecule has 1 aliphatic heterocycles. The number of hydrogen-bond donors (Lipinski definition) is 3. The van der Waals surface area contributed by atoms with Gasteiger partial charge in [-0.1, -0.05) is 0 Å². The van der Waals surface area contributed by atoms with Crippen LogP contribution in [0.25, 0.3) is 11.3 Å². The molecule has 0 radical (unpaired) electrons. The van der Waals surface area contributed by atoms with Gasteiger partial charge >= 0.3 is 0 Å². The van der Waals surface area contributed by atoms with Gasteiger partial charge in [0.2, 0.25) is 11.8 Å². The van der Waals surface area contributed by atoms with E-state index in [1.54, 1.807) is 13.1 Å². The molecule has 0 unspecified atom stereocenters. The lowest BCUT2D eigenvalue weighted by Crippen LogP contribution is -2.42. The molecule has 0 bridgehead atoms. The second-order valence-electron chi connectivity index (χ2n) is 8.79. The number of nitrogens with one attached hydrogen (secondary N) is 3. The van der Waals surface area contributed by atoms with Crippen LogP contribution in [0.1, 0.15) is 46.1 Å². The van der Waals surface area contributed by atoms with Crippen molar-refractivity contribution in [1.29, 1.82) is 0 Å². The summed E-state index contributed by atoms with van der Waals surface area (Å²) >= 11 is 0. The Morgan fingerprint density at radius 2 is 2.00 bits per heavy atom. The summed E-state index contributed by atoms with van der Waals surface area (Å²) in [5, 5.41) is 23.8. The number of aryl methyl sites for hydroxylation is 1. The van der Waals surface area contributed by atoms with Crippen LogP contribution in [0.15, 0.2) is 18.3 Å². The lowest BCUT2D eigenvalue weighted by molar-refractivity contribution is -0.145. The first-order chi connectivity index (χ1) is 18.2. The van der Waals surface area contributed by atoms with Crippen LogP contribution in [0.4, 0.5) is 31.8 Å². The van der Waals surface area contributed by atoms with Gasteiger partial charge < -0.3 is 20.9 Å². The number of rotatable bonds is 5. The fourth-order valence-electron chi connectivity index (χ4n) is 4.34. The molecule has 1 aliphatic carbocycles. The number of carbonyl (C=O) groups is 2. The zero-order valence-electron chi connectivity index (χ0n) is 22.5. The Hall–Kier alpha value is -4.23. The Kier molecular flexibility index (Phi) is 4.70. The SMILES string of the molecule is [2H]C([2H])([2H])NC(=O)c1nnc(NC(=O)C2CC(F)(F)C2)cc1Nc1nccc2c1N(C)[C@H](C)c1nn(C)nc1-2. The molecule has 0 aromatic carbocycles. The van der Waals surface area contributed by atoms with Crippen molar-refractivity contribution in [2.45, 2.75) is 31.7 Å². The quantitative estimate of drug-likeness (QED) is 0.480. The van der Waals surface area contributed by atoms with Gasteiger partial charge in [0.15, 0.2) is 17.3 Å². The fraction of sp³-hybridized carbons (Fsp3) is 0.409. The van der Waals surface area contributed by atoms with E-state index in [9.17, 15) is 18.4 Å². The Morgan fingerprint density at radius 3 is 2.72 bits per heavy atom. The topological polar surface area (TPSA) is 143 Å². The summed E-state index contributed by atoms with van der Waals surface area (Å²) in [5.41, 5.74) is 2.35. The van der Waals surface area contributed by atoms with Gasteiger partial charge in [0.1, 0.15) is 11.4 Å². The molecule has 188 valence electrons. The van der Waals surface area contributed by atoms with E-state index >= 15 is 0 Å². The lowest BCUT2D eigenvalue weighted by atomic mass is 9.81. The van der Waals surface area contributed by atoms with Crippen molar-refractivity contribution in [3.63, 3.8) is 0 Å². The standard InChI is InChI=1S/C22H24F2N10O2/c1-10-15-16(32-34(4)31-15)12-5-6-26-19(18(12)33(10)3)27-13-7-14(29-30-17(13)21(36)25-2)28-20(35)11-8-22(23,24)9-11/h5-7,10-11H,8-9H2,1-4H3,(H,25,36)(H2,26,27,28,29,35)/t10-/m1/s1/i2D3. The van der Waals surface area contributed by atoms with Crippen LogP contribution in [0.5, 0.6) is 0 Å². The number of carbonyl (C=O) groups excluding carboxylic acids is 2. The van der Waals surface area contributed by atoms with Gasteiger partial charge in [-0.05, 0) is 13.0 Å². The molecule has 3 aromatic heterocycles. The van der Waals surface area contributed by atoms with E-state index in [0.29, 0.717) is 16.9 Å². The molecule has 2 aliphatic rings. The van der Waals surface area contributed by atoms with E-state index in [0.717, 1.165) is 5.69 Å². The molecule has 5 rings (SSSR count). The van der Waals surface area contributed by atoms with E-state index in [4.69, 9.17) is 4.11 Å². The highest BCUT2D eigenvalue weighted by Gasteiger charge is 2.48. The Labute approximate surface area is 208 Å². The van der Waals surface area contributed by atoms with E-state index in [2.05, 4.69) is 36.0 Å². The maximum absolute atomic E-state index is 13.2. The number of hydrogen-bond acceptors (Lipinski definition) is 9. The number of aromatic nitrogens is 6. The van der Waals surface area contributed by atoms with Crippen LogP contribution in [-0.2, 0) is 11.8 Å². The monoisotopic (exact) mass is 501 g/mol. The third kappa shape index (κ3) is 3.97. The summed E-state index contributed by atoms with van der Waals surface area (Å²) in [7, 11) is 3.55. The van der Waals surface area contributed by atoms with Crippen molar-refractivity contribution in [2.75, 3.05) is 29.6 Å². The molecule has 2 amide bonds. The van der Waals surface area contributed by atoms with Gasteiger partial charge in [-0.2, -0.15) is 15.0 Å². The third-order valence-corrected chi connectivity index (χ3v) is 6.34. The minimum atomic E-state index is -2.89. The van der Waals surface area contributed by atoms with Crippen molar-refractivity contribution in [3.8, 4) is 11.3 Å². The number of nitrogens with zero attached hydrogens (tertiary/aromatic N) is 7. The van der Waals surface area contributed by atoms with Crippen LogP contribution < -0.4 is 20.9 Å². The molecule has 3 N–H and O–H groups in total. The highest BCUT2D eigenvalue weighted by Crippen LogP contribution is 2.46. The minimum Gasteiger partial charge on any atom is -0.363 e. The van der Waals surface area contributed by atoms with Gasteiger partial charge in [0.25, 0.3) is 5.91 Å². The summed E-state index contributed by atoms with van der Waals surface area (Å²) in [6, 6.07) is 2.84. The number of halogens is 2. The van der Waals surface area contributed by atoms with Gasteiger partial charge in [0.05, 0.1) is 17.4 Å². The normalized spacial score (nSPS) is 19.6. The highest BCUT2D eigenvalue weighted by molar-refractivity contribution is 6.00. The molecule has 0 saturated heterocycles. The highest BCUT2D eigenvalue weighted by atomic mass is 19.3. The van der Waals surface area contributed by atoms with Gasteiger partial charge in [-0.3, -0.25) is 9.59 Å². The second-order valence-corrected chi connectivity index (χ2v) is 8.79. The van der Waals surface area contributed by atoms with Crippen molar-refractivity contribution in [1.82, 2.24) is 35.5 Å². The Morgan fingerprint density at radius 1 is 1.22 bits per heavy atom. The van der Waals surface area contributed by atoms with E-state index in [-0.39, 0.29) is 29.1 Å². The maximum atomic E-state index is 13.2. The van der Waals surface area contributed by atoms with Crippen LogP contribution >= 0.6 is 0 Å². The predicted octanol–water partition coefficient (Wildman–Crippen LogP) is 2.26. The first-order valence-corrected chi connectivity index (χ1v) is 11.0. The van der Waals surface area contributed by atoms with E-state index in [1.165, 1.54) is 17.1 Å². The van der Waals surface area contributed by atoms with Gasteiger partial charge in [-0.25, -0.2) is 13.8 Å². The third-order valence-electron chi connectivity index (χ3n) is 6.34. The summed E-state index contributed by atoms with van der Waals surface area (Å²) in [5.74, 6) is -5.34. The molecule has 3 aromatic rings. The molecule has 1 atom stereocenters. The molecule has 1 fully saturated rings. The molecule has 36 heavy (non-hydrogen) atoms. The van der Waals surface area contributed by atoms with Gasteiger partial charge in [-0.15, -0.1) is 10.2 Å². The largest absolute Gasteiger partial charge is 0.363 e. The van der Waals surface area contributed by atoms with Crippen molar-refractivity contribution >= 4 is 34.8 Å². The van der Waals surface area contributed by atoms with Crippen LogP contribution in [0.2, 0.25) is 0 Å². The number of alkyl halides is 2. The summed E-state index contributed by atoms with van der Waals surface area (Å²) in [6.45, 7) is -0.866. The van der Waals surface area contributed by atoms with Crippen molar-refractivity contribution in [2.24, 2.45) is 13.0 Å². The minimum absolute atomic E-state index is 0.0205. The average Bonchev–Trinajstić information content (AvgIpc) is 3.22. The zero-order chi connectivity index (χ0) is 28.3. The van der Waals surface area contributed by atoms with Crippen LogP contribution in [0.3, 0.4) is 0 Å². The number of pyridine rings is 1. The number of anilines is 4. The summed E-state index contributed by atoms with van der Waals surface area (Å²) in [4.78, 5) is 33.0. The summed E-state index contributed by atoms with van der Waals surface area (Å²) < 4.78 is 48.6. The van der Waals surface area contributed by atoms with E-state index < -0.39 is 43.5 Å². The first-order valence-electron chi connectivity index (χ1n) is 12.5. The predicted molar refractivity (Wildman–Crippen MR) is 126 cm³/mol. The van der Waals surface area contributed by atoms with Crippen molar-refractivity contribution < 1.29 is 22.5 Å². The van der Waals surface area contributed by atoms with E-state index in [1.807, 2.05) is 24.2 Å². The van der Waals surface area contributed by atoms with Gasteiger partial charge in [0, 0.05) is 61.8 Å². The molecule has 0 spiro atoms. The molecular formula is C22H24F2N10O2. The lowest BCUT2D eigenvalue weighted by Gasteiger charge is -2.33. The zero-order valence-corrected chi connectivity index (χ0v) is 19.5. The molecular weight excluding hydrogens is 474 g/mol. The maximum Gasteiger partial charge on any atom is 0.273 e. The van der Waals surface area contributed by atoms with Crippen molar-refractivity contribution in [3.05, 3.63) is 29.7 Å². The number of fused-ring (bicyclic) bond motifs is 3. The second kappa shape index (κ2) is 8.46. The molecule has 12 nitrogen and oxygen atoms in total. The first kappa shape index (κ1) is 20.0. The molecule has 4 heterocycles. The Balaban J connectivity index is 1.52. The Bertz CT molecular complexity index is 1470. The summed E-state index contributed by atoms with van der Waals surface area (Å²) in [6.07, 6.45) is 0.372.